The lowest BCUT2D eigenvalue weighted by Crippen LogP contribution is -2.35. The van der Waals surface area contributed by atoms with E-state index in [0.717, 1.165) is 29.1 Å². The van der Waals surface area contributed by atoms with E-state index in [1.807, 2.05) is 19.9 Å². The van der Waals surface area contributed by atoms with E-state index < -0.39 is 5.91 Å². The molecule has 1 atom stereocenters. The third-order valence-corrected chi connectivity index (χ3v) is 6.17. The number of nitrogens with zero attached hydrogens (tertiary/aromatic N) is 4. The molecule has 7 heteroatoms. The van der Waals surface area contributed by atoms with Gasteiger partial charge in [0, 0.05) is 17.1 Å². The van der Waals surface area contributed by atoms with Crippen molar-refractivity contribution in [3.8, 4) is 5.69 Å². The van der Waals surface area contributed by atoms with Gasteiger partial charge in [0.15, 0.2) is 11.0 Å². The first-order valence-corrected chi connectivity index (χ1v) is 10.5. The van der Waals surface area contributed by atoms with Crippen molar-refractivity contribution in [3.05, 3.63) is 58.4 Å². The Balaban J connectivity index is 1.71. The topological polar surface area (TPSA) is 73.8 Å². The molecule has 0 fully saturated rings. The van der Waals surface area contributed by atoms with Crippen molar-refractivity contribution in [2.24, 2.45) is 10.1 Å². The van der Waals surface area contributed by atoms with Gasteiger partial charge in [0.05, 0.1) is 11.1 Å². The number of hydrogen-bond acceptors (Lipinski definition) is 4. The number of hydrazone groups is 1. The third kappa shape index (κ3) is 3.35. The third-order valence-electron chi connectivity index (χ3n) is 5.50. The van der Waals surface area contributed by atoms with Gasteiger partial charge < -0.3 is 4.57 Å². The predicted octanol–water partition coefficient (Wildman–Crippen LogP) is 4.86. The van der Waals surface area contributed by atoms with Crippen LogP contribution in [-0.4, -0.2) is 32.0 Å². The van der Waals surface area contributed by atoms with Gasteiger partial charge in [-0.2, -0.15) is 15.1 Å². The molecule has 0 bridgehead atoms. The number of carbonyl (C=O) groups is 1. The van der Waals surface area contributed by atoms with Crippen LogP contribution in [0.2, 0.25) is 0 Å². The number of thioether (sulfide) groups is 1. The lowest BCUT2D eigenvalue weighted by atomic mass is 9.98. The minimum absolute atomic E-state index is 0.0592. The van der Waals surface area contributed by atoms with Crippen molar-refractivity contribution >= 4 is 40.3 Å². The van der Waals surface area contributed by atoms with Crippen LogP contribution in [0.4, 0.5) is 0 Å². The molecule has 0 radical (unpaired) electrons. The molecule has 0 spiro atoms. The fourth-order valence-electron chi connectivity index (χ4n) is 3.61. The maximum absolute atomic E-state index is 12.5. The van der Waals surface area contributed by atoms with Gasteiger partial charge in [0.25, 0.3) is 5.91 Å². The normalized spacial score (nSPS) is 18.4. The summed E-state index contributed by atoms with van der Waals surface area (Å²) < 4.78 is 2.17. The van der Waals surface area contributed by atoms with Crippen molar-refractivity contribution in [1.82, 2.24) is 9.58 Å². The number of hydrogen-bond donors (Lipinski definition) is 1. The van der Waals surface area contributed by atoms with Crippen molar-refractivity contribution < 1.29 is 4.79 Å². The van der Waals surface area contributed by atoms with E-state index in [1.165, 1.54) is 22.3 Å². The molecule has 2 aromatic rings. The van der Waals surface area contributed by atoms with E-state index in [4.69, 9.17) is 5.41 Å². The van der Waals surface area contributed by atoms with Gasteiger partial charge in [-0.3, -0.25) is 10.2 Å². The second-order valence-electron chi connectivity index (χ2n) is 7.32. The maximum Gasteiger partial charge on any atom is 0.283 e. The maximum atomic E-state index is 12.5. The van der Waals surface area contributed by atoms with Crippen LogP contribution in [0, 0.1) is 19.3 Å². The molecule has 29 heavy (non-hydrogen) atoms. The van der Waals surface area contributed by atoms with Gasteiger partial charge >= 0.3 is 0 Å². The van der Waals surface area contributed by atoms with E-state index in [1.54, 1.807) is 11.6 Å². The Bertz CT molecular complexity index is 1090. The number of aryl methyl sites for hydroxylation is 1. The zero-order valence-corrected chi connectivity index (χ0v) is 17.7. The molecule has 2 aliphatic heterocycles. The quantitative estimate of drug-likeness (QED) is 0.739. The molecule has 1 aromatic carbocycles. The van der Waals surface area contributed by atoms with Crippen LogP contribution >= 0.6 is 11.8 Å². The van der Waals surface area contributed by atoms with Gasteiger partial charge in [0.1, 0.15) is 0 Å². The number of amides is 1. The van der Waals surface area contributed by atoms with Crippen molar-refractivity contribution in [1.29, 1.82) is 5.41 Å². The highest BCUT2D eigenvalue weighted by atomic mass is 32.2. The first-order valence-electron chi connectivity index (χ1n) is 9.62. The highest BCUT2D eigenvalue weighted by Crippen LogP contribution is 2.28. The van der Waals surface area contributed by atoms with Crippen LogP contribution in [-0.2, 0) is 4.79 Å². The smallest absolute Gasteiger partial charge is 0.283 e. The summed E-state index contributed by atoms with van der Waals surface area (Å²) in [7, 11) is 0. The molecule has 4 rings (SSSR count). The molecule has 1 aromatic heterocycles. The summed E-state index contributed by atoms with van der Waals surface area (Å²) in [6.07, 6.45) is 2.86. The number of carbonyl (C=O) groups excluding carboxylic acids is 1. The van der Waals surface area contributed by atoms with Gasteiger partial charge in [-0.25, -0.2) is 0 Å². The van der Waals surface area contributed by atoms with E-state index in [9.17, 15) is 4.79 Å². The van der Waals surface area contributed by atoms with E-state index in [0.29, 0.717) is 11.1 Å². The SMILES string of the molecule is CC[C@@H](C)c1ccc(-n2c(C)cc(/C=C3/C(=N)N4N=CSC4=NC3=O)c2C)cc1. The van der Waals surface area contributed by atoms with E-state index in [2.05, 4.69) is 52.8 Å². The summed E-state index contributed by atoms with van der Waals surface area (Å²) in [5, 5.41) is 14.3. The minimum Gasteiger partial charge on any atom is -0.318 e. The number of aromatic nitrogens is 1. The molecule has 148 valence electrons. The van der Waals surface area contributed by atoms with Gasteiger partial charge in [-0.05, 0) is 73.4 Å². The van der Waals surface area contributed by atoms with Crippen LogP contribution in [0.1, 0.15) is 48.7 Å². The van der Waals surface area contributed by atoms with E-state index in [-0.39, 0.29) is 11.4 Å². The molecule has 6 nitrogen and oxygen atoms in total. The molecule has 1 amide bonds. The summed E-state index contributed by atoms with van der Waals surface area (Å²) in [6, 6.07) is 10.7. The van der Waals surface area contributed by atoms with E-state index >= 15 is 0 Å². The molecule has 3 heterocycles. The molecule has 2 aliphatic rings. The highest BCUT2D eigenvalue weighted by Gasteiger charge is 2.32. The number of aliphatic imine (C=N–C) groups is 1. The summed E-state index contributed by atoms with van der Waals surface area (Å²) in [5.41, 5.74) is 7.23. The van der Waals surface area contributed by atoms with Crippen LogP contribution in [0.15, 0.2) is 46.0 Å². The van der Waals surface area contributed by atoms with Gasteiger partial charge in [0.2, 0.25) is 0 Å². The van der Waals surface area contributed by atoms with Gasteiger partial charge in [-0.15, -0.1) is 0 Å². The number of fused-ring (bicyclic) bond motifs is 1. The van der Waals surface area contributed by atoms with Gasteiger partial charge in [-0.1, -0.05) is 26.0 Å². The molecular formula is C22H23N5OS. The van der Waals surface area contributed by atoms with Crippen LogP contribution in [0.3, 0.4) is 0 Å². The Morgan fingerprint density at radius 3 is 2.66 bits per heavy atom. The number of amidine groups is 2. The van der Waals surface area contributed by atoms with Crippen LogP contribution in [0.5, 0.6) is 0 Å². The number of nitrogens with one attached hydrogen (secondary N) is 1. The molecule has 0 aliphatic carbocycles. The van der Waals surface area contributed by atoms with Crippen molar-refractivity contribution in [2.45, 2.75) is 40.0 Å². The Hall–Kier alpha value is -2.93. The standard InChI is InChI=1S/C22H23N5OS/c1-5-13(2)16-6-8-18(9-7-16)26-14(3)10-17(15(26)4)11-19-20(23)27-22(25-21(19)28)29-12-24-27/h6-13,23H,5H2,1-4H3/b19-11-,23-20?/t13-/m1/s1. The Kier molecular flexibility index (Phi) is 5.00. The summed E-state index contributed by atoms with van der Waals surface area (Å²) in [6.45, 7) is 8.50. The Morgan fingerprint density at radius 1 is 1.24 bits per heavy atom. The highest BCUT2D eigenvalue weighted by molar-refractivity contribution is 8.25. The van der Waals surface area contributed by atoms with Crippen LogP contribution in [0.25, 0.3) is 11.8 Å². The first kappa shape index (κ1) is 19.4. The average Bonchev–Trinajstić information content (AvgIpc) is 3.29. The average molecular weight is 406 g/mol. The number of benzene rings is 1. The molecule has 0 unspecified atom stereocenters. The van der Waals surface area contributed by atoms with Crippen LogP contribution < -0.4 is 0 Å². The first-order chi connectivity index (χ1) is 13.9. The molecule has 0 saturated carbocycles. The fourth-order valence-corrected chi connectivity index (χ4v) is 4.22. The molecule has 1 N–H and O–H groups in total. The van der Waals surface area contributed by atoms with Crippen molar-refractivity contribution in [2.75, 3.05) is 0 Å². The fraction of sp³-hybridized carbons (Fsp3) is 0.273. The zero-order valence-electron chi connectivity index (χ0n) is 16.9. The van der Waals surface area contributed by atoms with Crippen molar-refractivity contribution in [3.63, 3.8) is 0 Å². The minimum atomic E-state index is -0.401. The number of rotatable bonds is 4. The lowest BCUT2D eigenvalue weighted by molar-refractivity contribution is -0.114. The Labute approximate surface area is 174 Å². The largest absolute Gasteiger partial charge is 0.318 e. The summed E-state index contributed by atoms with van der Waals surface area (Å²) in [5.74, 6) is 0.197. The Morgan fingerprint density at radius 2 is 1.97 bits per heavy atom. The molecule has 0 saturated heterocycles. The molecular weight excluding hydrogens is 382 g/mol. The monoisotopic (exact) mass is 405 g/mol. The zero-order chi connectivity index (χ0) is 20.7. The summed E-state index contributed by atoms with van der Waals surface area (Å²) in [4.78, 5) is 16.5. The second kappa shape index (κ2) is 7.48. The second-order valence-corrected chi connectivity index (χ2v) is 8.13. The summed E-state index contributed by atoms with van der Waals surface area (Å²) >= 11 is 1.24. The predicted molar refractivity (Wildman–Crippen MR) is 120 cm³/mol. The lowest BCUT2D eigenvalue weighted by Gasteiger charge is -2.20.